The molecule has 3 fully saturated rings. The van der Waals surface area contributed by atoms with Crippen molar-refractivity contribution in [2.45, 2.75) is 101 Å². The minimum atomic E-state index is -3.97. The third-order valence-electron chi connectivity index (χ3n) is 9.84. The number of likely N-dealkylation sites (N-methyl/N-ethyl adjacent to an activating group) is 1. The van der Waals surface area contributed by atoms with E-state index in [1.807, 2.05) is 0 Å². The van der Waals surface area contributed by atoms with Crippen LogP contribution in [-0.4, -0.2) is 114 Å². The van der Waals surface area contributed by atoms with Gasteiger partial charge in [0.25, 0.3) is 5.91 Å². The highest BCUT2D eigenvalue weighted by Gasteiger charge is 2.62. The lowest BCUT2D eigenvalue weighted by Gasteiger charge is -2.31. The molecule has 3 N–H and O–H groups in total. The topological polar surface area (TPSA) is 201 Å². The molecule has 5 atom stereocenters. The molecular formula is C36H47FN6O10S. The van der Waals surface area contributed by atoms with Gasteiger partial charge < -0.3 is 29.9 Å². The molecule has 2 aliphatic heterocycles. The number of carbonyl (C=O) groups excluding carboxylic acids is 6. The van der Waals surface area contributed by atoms with Crippen LogP contribution in [0.4, 0.5) is 14.0 Å². The van der Waals surface area contributed by atoms with Crippen LogP contribution in [0.15, 0.2) is 43.5 Å². The molecule has 2 saturated carbocycles. The summed E-state index contributed by atoms with van der Waals surface area (Å²) in [5.41, 5.74) is -1.65. The van der Waals surface area contributed by atoms with Gasteiger partial charge in [0.05, 0.1) is 18.3 Å². The van der Waals surface area contributed by atoms with Crippen molar-refractivity contribution < 1.29 is 51.0 Å². The van der Waals surface area contributed by atoms with E-state index in [2.05, 4.69) is 28.5 Å². The van der Waals surface area contributed by atoms with Gasteiger partial charge in [0.2, 0.25) is 27.7 Å². The highest BCUT2D eigenvalue weighted by Crippen LogP contribution is 2.45. The molecule has 0 spiro atoms. The predicted molar refractivity (Wildman–Crippen MR) is 191 cm³/mol. The Morgan fingerprint density at radius 3 is 2.43 bits per heavy atom. The van der Waals surface area contributed by atoms with Crippen molar-refractivity contribution in [1.29, 1.82) is 0 Å². The fourth-order valence-corrected chi connectivity index (χ4v) is 7.98. The Balaban J connectivity index is 1.39. The summed E-state index contributed by atoms with van der Waals surface area (Å²) >= 11 is 0. The molecule has 2 aliphatic carbocycles. The molecule has 1 aromatic carbocycles. The van der Waals surface area contributed by atoms with Gasteiger partial charge in [-0.05, 0) is 64.2 Å². The maximum atomic E-state index is 14.4. The molecule has 294 valence electrons. The Kier molecular flexibility index (Phi) is 11.5. The Hall–Kier alpha value is -5.00. The second-order valence-electron chi connectivity index (χ2n) is 15.1. The SMILES string of the molecule is C=CC(=O)N(C)CC[C@H](NC(=O)OC(C)(C)C)C(=O)N1C[C@H](OC(=O)N2Cc3cccc(F)c3C2)CC1C(=O)N[C@]1(C(=O)NS(=O)(=O)C2CC2)C[C@H]1C=C. The van der Waals surface area contributed by atoms with E-state index in [1.165, 1.54) is 35.1 Å². The molecule has 0 aromatic heterocycles. The number of sulfonamides is 1. The van der Waals surface area contributed by atoms with Crippen LogP contribution >= 0.6 is 0 Å². The van der Waals surface area contributed by atoms with Crippen molar-refractivity contribution in [3.63, 3.8) is 0 Å². The van der Waals surface area contributed by atoms with Gasteiger partial charge in [0.1, 0.15) is 35.1 Å². The van der Waals surface area contributed by atoms with Crippen molar-refractivity contribution in [2.24, 2.45) is 5.92 Å². The summed E-state index contributed by atoms with van der Waals surface area (Å²) in [6.07, 6.45) is 0.189. The van der Waals surface area contributed by atoms with Crippen LogP contribution < -0.4 is 15.4 Å². The maximum Gasteiger partial charge on any atom is 0.410 e. The third kappa shape index (κ3) is 9.02. The van der Waals surface area contributed by atoms with E-state index in [-0.39, 0.29) is 45.4 Å². The Labute approximate surface area is 313 Å². The molecule has 2 heterocycles. The smallest absolute Gasteiger partial charge is 0.410 e. The van der Waals surface area contributed by atoms with Crippen molar-refractivity contribution in [3.8, 4) is 0 Å². The zero-order chi connectivity index (χ0) is 39.7. The van der Waals surface area contributed by atoms with E-state index in [1.54, 1.807) is 26.8 Å². The maximum absolute atomic E-state index is 14.4. The highest BCUT2D eigenvalue weighted by atomic mass is 32.2. The number of alkyl carbamates (subject to hydrolysis) is 1. The number of rotatable bonds is 13. The second kappa shape index (κ2) is 15.4. The minimum Gasteiger partial charge on any atom is -0.444 e. The number of amides is 6. The van der Waals surface area contributed by atoms with Crippen molar-refractivity contribution in [1.82, 2.24) is 30.1 Å². The number of fused-ring (bicyclic) bond motifs is 1. The Bertz CT molecular complexity index is 1850. The largest absolute Gasteiger partial charge is 0.444 e. The number of hydrogen-bond donors (Lipinski definition) is 3. The molecule has 1 unspecified atom stereocenters. The highest BCUT2D eigenvalue weighted by molar-refractivity contribution is 7.91. The van der Waals surface area contributed by atoms with Crippen molar-refractivity contribution in [2.75, 3.05) is 20.1 Å². The molecule has 0 radical (unpaired) electrons. The average molecular weight is 775 g/mol. The lowest BCUT2D eigenvalue weighted by Crippen LogP contribution is -2.58. The molecule has 5 rings (SSSR count). The summed E-state index contributed by atoms with van der Waals surface area (Å²) in [5.74, 6) is -4.09. The molecule has 16 nitrogen and oxygen atoms in total. The van der Waals surface area contributed by atoms with Gasteiger partial charge in [-0.2, -0.15) is 0 Å². The van der Waals surface area contributed by atoms with Crippen LogP contribution in [-0.2, 0) is 51.8 Å². The first-order valence-corrected chi connectivity index (χ1v) is 19.2. The van der Waals surface area contributed by atoms with E-state index in [0.717, 1.165) is 11.0 Å². The van der Waals surface area contributed by atoms with Crippen molar-refractivity contribution >= 4 is 45.8 Å². The summed E-state index contributed by atoms with van der Waals surface area (Å²) in [5, 5.41) is 4.48. The molecule has 4 aliphatic rings. The van der Waals surface area contributed by atoms with Crippen LogP contribution in [0.1, 0.15) is 64.0 Å². The first-order valence-electron chi connectivity index (χ1n) is 17.7. The molecular weight excluding hydrogens is 727 g/mol. The first kappa shape index (κ1) is 40.2. The summed E-state index contributed by atoms with van der Waals surface area (Å²) in [6, 6.07) is 1.80. The Morgan fingerprint density at radius 1 is 1.13 bits per heavy atom. The monoisotopic (exact) mass is 774 g/mol. The second-order valence-corrected chi connectivity index (χ2v) is 17.1. The Morgan fingerprint density at radius 2 is 1.83 bits per heavy atom. The fourth-order valence-electron chi connectivity index (χ4n) is 6.62. The van der Waals surface area contributed by atoms with Crippen LogP contribution in [0.25, 0.3) is 0 Å². The van der Waals surface area contributed by atoms with E-state index in [9.17, 15) is 41.6 Å². The van der Waals surface area contributed by atoms with Crippen LogP contribution in [0.5, 0.6) is 0 Å². The number of benzene rings is 1. The van der Waals surface area contributed by atoms with Gasteiger partial charge >= 0.3 is 12.2 Å². The molecule has 1 aromatic rings. The van der Waals surface area contributed by atoms with Gasteiger partial charge in [-0.15, -0.1) is 6.58 Å². The van der Waals surface area contributed by atoms with Gasteiger partial charge in [0, 0.05) is 38.0 Å². The zero-order valence-corrected chi connectivity index (χ0v) is 31.6. The minimum absolute atomic E-state index is 0.0218. The number of hydrogen-bond acceptors (Lipinski definition) is 10. The van der Waals surface area contributed by atoms with E-state index < -0.39 is 92.2 Å². The van der Waals surface area contributed by atoms with E-state index >= 15 is 0 Å². The van der Waals surface area contributed by atoms with Gasteiger partial charge in [-0.25, -0.2) is 22.4 Å². The summed E-state index contributed by atoms with van der Waals surface area (Å²) in [6.45, 7) is 11.7. The third-order valence-corrected chi connectivity index (χ3v) is 11.7. The van der Waals surface area contributed by atoms with Crippen LogP contribution in [0.3, 0.4) is 0 Å². The lowest BCUT2D eigenvalue weighted by molar-refractivity contribution is -0.141. The van der Waals surface area contributed by atoms with Gasteiger partial charge in [-0.1, -0.05) is 24.8 Å². The van der Waals surface area contributed by atoms with Crippen molar-refractivity contribution in [3.05, 3.63) is 60.5 Å². The quantitative estimate of drug-likeness (QED) is 0.196. The normalized spacial score (nSPS) is 23.7. The number of ether oxygens (including phenoxy) is 2. The van der Waals surface area contributed by atoms with E-state index in [4.69, 9.17) is 9.47 Å². The number of nitrogens with zero attached hydrogens (tertiary/aromatic N) is 3. The molecule has 18 heteroatoms. The van der Waals surface area contributed by atoms with Crippen LogP contribution in [0, 0.1) is 11.7 Å². The number of likely N-dealkylation sites (tertiary alicyclic amines) is 1. The summed E-state index contributed by atoms with van der Waals surface area (Å²) in [4.78, 5) is 84.1. The van der Waals surface area contributed by atoms with E-state index in [0.29, 0.717) is 24.0 Å². The molecule has 6 amide bonds. The lowest BCUT2D eigenvalue weighted by atomic mass is 10.1. The average Bonchev–Trinajstić information content (AvgIpc) is 3.99. The predicted octanol–water partition coefficient (Wildman–Crippen LogP) is 1.84. The number of nitrogens with one attached hydrogen (secondary N) is 3. The number of carbonyl (C=O) groups is 6. The van der Waals surface area contributed by atoms with Gasteiger partial charge in [0.15, 0.2) is 0 Å². The molecule has 54 heavy (non-hydrogen) atoms. The van der Waals surface area contributed by atoms with Gasteiger partial charge in [-0.3, -0.25) is 28.8 Å². The molecule has 0 bridgehead atoms. The first-order chi connectivity index (χ1) is 25.3. The zero-order valence-electron chi connectivity index (χ0n) is 30.8. The fraction of sp³-hybridized carbons (Fsp3) is 0.556. The van der Waals surface area contributed by atoms with Crippen LogP contribution in [0.2, 0.25) is 0 Å². The number of halogens is 1. The standard InChI is InChI=1S/C36H47FN6O10S/c1-7-22-17-36(22,32(47)40-54(50,51)24-12-13-24)39-30(45)28-16-23(52-34(49)42-18-21-10-9-11-26(37)25(21)20-42)19-43(28)31(46)27(14-15-41(6)29(44)8-2)38-33(48)53-35(3,4)5/h7-11,22-24,27-28H,1-2,12-20H2,3-6H3,(H,38,48)(H,39,45)(H,40,47)/t22-,23-,27+,28?,36-/m1/s1. The summed E-state index contributed by atoms with van der Waals surface area (Å²) < 4.78 is 53.0. The summed E-state index contributed by atoms with van der Waals surface area (Å²) in [7, 11) is -2.50. The molecule has 1 saturated heterocycles.